The second kappa shape index (κ2) is 11.4. The SMILES string of the molecule is CCOC(=O)C1=C(C)N=c2sc(=Cc3c(OC)ccc4ccccc34)c(=O)n2[C@H]1c1cccc(OC)c1OCC. The summed E-state index contributed by atoms with van der Waals surface area (Å²) in [5, 5.41) is 1.98. The lowest BCUT2D eigenvalue weighted by molar-refractivity contribution is -0.139. The molecule has 2 heterocycles. The summed E-state index contributed by atoms with van der Waals surface area (Å²) in [6.45, 7) is 5.92. The first-order valence-corrected chi connectivity index (χ1v) is 13.8. The van der Waals surface area contributed by atoms with E-state index in [1.807, 2.05) is 61.5 Å². The summed E-state index contributed by atoms with van der Waals surface area (Å²) in [4.78, 5) is 32.7. The molecule has 0 fully saturated rings. The van der Waals surface area contributed by atoms with E-state index in [1.165, 1.54) is 11.3 Å². The number of esters is 1. The number of nitrogens with zero attached hydrogens (tertiary/aromatic N) is 2. The normalized spacial score (nSPS) is 15.0. The first-order valence-electron chi connectivity index (χ1n) is 13.0. The number of rotatable bonds is 8. The van der Waals surface area contributed by atoms with Crippen LogP contribution in [0.25, 0.3) is 16.8 Å². The second-order valence-corrected chi connectivity index (χ2v) is 10.0. The highest BCUT2D eigenvalue weighted by Crippen LogP contribution is 2.40. The lowest BCUT2D eigenvalue weighted by Gasteiger charge is -2.26. The molecule has 0 bridgehead atoms. The van der Waals surface area contributed by atoms with Crippen molar-refractivity contribution in [2.24, 2.45) is 4.99 Å². The van der Waals surface area contributed by atoms with E-state index in [9.17, 15) is 9.59 Å². The van der Waals surface area contributed by atoms with Gasteiger partial charge in [0, 0.05) is 11.1 Å². The monoisotopic (exact) mass is 558 g/mol. The molecule has 1 aliphatic heterocycles. The van der Waals surface area contributed by atoms with E-state index < -0.39 is 12.0 Å². The summed E-state index contributed by atoms with van der Waals surface area (Å²) in [6.07, 6.45) is 1.83. The molecule has 8 nitrogen and oxygen atoms in total. The third kappa shape index (κ3) is 4.66. The number of carbonyl (C=O) groups is 1. The number of para-hydroxylation sites is 1. The number of ether oxygens (including phenoxy) is 4. The van der Waals surface area contributed by atoms with Gasteiger partial charge >= 0.3 is 5.97 Å². The molecule has 40 heavy (non-hydrogen) atoms. The van der Waals surface area contributed by atoms with Crippen molar-refractivity contribution < 1.29 is 23.7 Å². The Morgan fingerprint density at radius 3 is 2.50 bits per heavy atom. The molecular weight excluding hydrogens is 528 g/mol. The minimum absolute atomic E-state index is 0.185. The van der Waals surface area contributed by atoms with Crippen molar-refractivity contribution in [2.45, 2.75) is 26.8 Å². The van der Waals surface area contributed by atoms with Gasteiger partial charge in [0.15, 0.2) is 16.3 Å². The lowest BCUT2D eigenvalue weighted by atomic mass is 9.94. The summed E-state index contributed by atoms with van der Waals surface area (Å²) in [7, 11) is 3.16. The lowest BCUT2D eigenvalue weighted by Crippen LogP contribution is -2.40. The molecule has 206 valence electrons. The molecule has 0 saturated heterocycles. The first-order chi connectivity index (χ1) is 19.4. The predicted molar refractivity (Wildman–Crippen MR) is 155 cm³/mol. The third-order valence-corrected chi connectivity index (χ3v) is 7.74. The maximum atomic E-state index is 14.2. The zero-order valence-corrected chi connectivity index (χ0v) is 23.8. The molecule has 1 atom stereocenters. The number of carbonyl (C=O) groups excluding carboxylic acids is 1. The van der Waals surface area contributed by atoms with E-state index in [4.69, 9.17) is 18.9 Å². The van der Waals surface area contributed by atoms with Crippen LogP contribution in [0.3, 0.4) is 0 Å². The Bertz CT molecular complexity index is 1820. The van der Waals surface area contributed by atoms with Gasteiger partial charge in [0.2, 0.25) is 0 Å². The van der Waals surface area contributed by atoms with Gasteiger partial charge in [-0.05, 0) is 49.8 Å². The van der Waals surface area contributed by atoms with E-state index in [0.717, 1.165) is 16.3 Å². The summed E-state index contributed by atoms with van der Waals surface area (Å²) in [5.41, 5.74) is 1.86. The fourth-order valence-electron chi connectivity index (χ4n) is 5.03. The van der Waals surface area contributed by atoms with Crippen LogP contribution in [-0.2, 0) is 9.53 Å². The number of hydrogen-bond acceptors (Lipinski definition) is 8. The van der Waals surface area contributed by atoms with Crippen LogP contribution in [0.4, 0.5) is 0 Å². The molecule has 0 saturated carbocycles. The number of methoxy groups -OCH3 is 2. The Kier molecular flexibility index (Phi) is 7.75. The molecule has 0 N–H and O–H groups in total. The molecule has 1 aromatic heterocycles. The number of fused-ring (bicyclic) bond motifs is 2. The molecule has 0 aliphatic carbocycles. The van der Waals surface area contributed by atoms with Gasteiger partial charge in [-0.15, -0.1) is 0 Å². The van der Waals surface area contributed by atoms with Crippen molar-refractivity contribution in [1.29, 1.82) is 0 Å². The topological polar surface area (TPSA) is 88.4 Å². The van der Waals surface area contributed by atoms with Crippen LogP contribution in [0.2, 0.25) is 0 Å². The predicted octanol–water partition coefficient (Wildman–Crippen LogP) is 4.37. The van der Waals surface area contributed by atoms with Crippen LogP contribution in [0.15, 0.2) is 75.7 Å². The number of aromatic nitrogens is 1. The zero-order valence-electron chi connectivity index (χ0n) is 23.0. The summed E-state index contributed by atoms with van der Waals surface area (Å²) >= 11 is 1.26. The van der Waals surface area contributed by atoms with Gasteiger partial charge in [0.1, 0.15) is 11.8 Å². The number of hydrogen-bond donors (Lipinski definition) is 0. The van der Waals surface area contributed by atoms with Gasteiger partial charge in [-0.3, -0.25) is 9.36 Å². The van der Waals surface area contributed by atoms with Crippen LogP contribution >= 0.6 is 11.3 Å². The fourth-order valence-corrected chi connectivity index (χ4v) is 6.06. The van der Waals surface area contributed by atoms with Crippen molar-refractivity contribution in [2.75, 3.05) is 27.4 Å². The quantitative estimate of drug-likeness (QED) is 0.299. The van der Waals surface area contributed by atoms with Gasteiger partial charge in [0.25, 0.3) is 5.56 Å². The molecular formula is C31H30N2O6S. The van der Waals surface area contributed by atoms with Crippen LogP contribution in [0.5, 0.6) is 17.2 Å². The van der Waals surface area contributed by atoms with Crippen LogP contribution < -0.4 is 29.1 Å². The molecule has 1 aliphatic rings. The molecule has 3 aromatic carbocycles. The van der Waals surface area contributed by atoms with Crippen molar-refractivity contribution in [1.82, 2.24) is 4.57 Å². The standard InChI is InChI=1S/C31H30N2O6S/c1-6-38-28-21(13-10-14-24(28)37-5)27-26(30(35)39-7-2)18(3)32-31-33(27)29(34)25(40-31)17-22-20-12-9-8-11-19(20)15-16-23(22)36-4/h8-17,27H,6-7H2,1-5H3/t27-/m0/s1. The second-order valence-electron chi connectivity index (χ2n) is 9.02. The molecule has 9 heteroatoms. The Balaban J connectivity index is 1.82. The van der Waals surface area contributed by atoms with Crippen molar-refractivity contribution >= 4 is 34.2 Å². The van der Waals surface area contributed by atoms with E-state index >= 15 is 0 Å². The Morgan fingerprint density at radius 1 is 1.00 bits per heavy atom. The molecule has 0 radical (unpaired) electrons. The van der Waals surface area contributed by atoms with E-state index in [0.29, 0.717) is 44.4 Å². The number of thiazole rings is 1. The first kappa shape index (κ1) is 27.2. The molecule has 5 rings (SSSR count). The average Bonchev–Trinajstić information content (AvgIpc) is 3.26. The van der Waals surface area contributed by atoms with E-state index in [2.05, 4.69) is 4.99 Å². The van der Waals surface area contributed by atoms with Crippen molar-refractivity contribution in [3.8, 4) is 17.2 Å². The van der Waals surface area contributed by atoms with Crippen LogP contribution in [-0.4, -0.2) is 38.0 Å². The van der Waals surface area contributed by atoms with Crippen molar-refractivity contribution in [3.63, 3.8) is 0 Å². The smallest absolute Gasteiger partial charge is 0.338 e. The summed E-state index contributed by atoms with van der Waals surface area (Å²) in [5.74, 6) is 1.07. The molecule has 0 unspecified atom stereocenters. The van der Waals surface area contributed by atoms with E-state index in [-0.39, 0.29) is 17.7 Å². The highest BCUT2D eigenvalue weighted by Gasteiger charge is 2.36. The number of allylic oxidation sites excluding steroid dienone is 1. The van der Waals surface area contributed by atoms with Crippen LogP contribution in [0.1, 0.15) is 37.9 Å². The van der Waals surface area contributed by atoms with Gasteiger partial charge in [-0.2, -0.15) is 0 Å². The van der Waals surface area contributed by atoms with E-state index in [1.54, 1.807) is 38.7 Å². The minimum atomic E-state index is -0.830. The summed E-state index contributed by atoms with van der Waals surface area (Å²) < 4.78 is 24.7. The summed E-state index contributed by atoms with van der Waals surface area (Å²) in [6, 6.07) is 16.4. The largest absolute Gasteiger partial charge is 0.496 e. The minimum Gasteiger partial charge on any atom is -0.496 e. The fraction of sp³-hybridized carbons (Fsp3) is 0.258. The zero-order chi connectivity index (χ0) is 28.4. The Morgan fingerprint density at radius 2 is 1.77 bits per heavy atom. The van der Waals surface area contributed by atoms with Gasteiger partial charge < -0.3 is 18.9 Å². The van der Waals surface area contributed by atoms with Gasteiger partial charge in [0.05, 0.1) is 43.2 Å². The highest BCUT2D eigenvalue weighted by molar-refractivity contribution is 7.07. The molecule has 0 amide bonds. The number of benzene rings is 3. The van der Waals surface area contributed by atoms with Gasteiger partial charge in [-0.25, -0.2) is 9.79 Å². The maximum Gasteiger partial charge on any atom is 0.338 e. The maximum absolute atomic E-state index is 14.2. The molecule has 0 spiro atoms. The average molecular weight is 559 g/mol. The Hall–Kier alpha value is -4.37. The van der Waals surface area contributed by atoms with Crippen molar-refractivity contribution in [3.05, 3.63) is 96.7 Å². The highest BCUT2D eigenvalue weighted by atomic mass is 32.1. The van der Waals surface area contributed by atoms with Crippen LogP contribution in [0, 0.1) is 0 Å². The van der Waals surface area contributed by atoms with Gasteiger partial charge in [-0.1, -0.05) is 53.8 Å². The third-order valence-electron chi connectivity index (χ3n) is 6.76. The Labute approximate surface area is 235 Å². The molecule has 4 aromatic rings.